The van der Waals surface area contributed by atoms with Gasteiger partial charge in [-0.3, -0.25) is 4.99 Å². The van der Waals surface area contributed by atoms with Crippen molar-refractivity contribution < 1.29 is 4.74 Å². The van der Waals surface area contributed by atoms with Gasteiger partial charge in [0.2, 0.25) is 0 Å². The van der Waals surface area contributed by atoms with Crippen LogP contribution in [0.25, 0.3) is 16.5 Å². The molecule has 3 aromatic rings. The van der Waals surface area contributed by atoms with E-state index in [-0.39, 0.29) is 17.5 Å². The topological polar surface area (TPSA) is 24.8 Å². The van der Waals surface area contributed by atoms with Crippen LogP contribution in [0.15, 0.2) is 76.6 Å². The van der Waals surface area contributed by atoms with Gasteiger partial charge in [0.05, 0.1) is 18.3 Å². The fraction of sp³-hybridized carbons (Fsp3) is 0.269. The van der Waals surface area contributed by atoms with Crippen molar-refractivity contribution in [3.8, 4) is 5.75 Å². The highest BCUT2D eigenvalue weighted by Gasteiger charge is 2.52. The first kappa shape index (κ1) is 18.1. The van der Waals surface area contributed by atoms with E-state index in [4.69, 9.17) is 9.73 Å². The number of hydrogen-bond donors (Lipinski definition) is 0. The molecule has 0 aliphatic carbocycles. The van der Waals surface area contributed by atoms with E-state index in [1.165, 1.54) is 32.5 Å². The van der Waals surface area contributed by atoms with Crippen LogP contribution < -0.4 is 4.74 Å². The lowest BCUT2D eigenvalue weighted by atomic mass is 9.74. The Morgan fingerprint density at radius 2 is 1.77 bits per heavy atom. The largest absolute Gasteiger partial charge is 0.493 e. The minimum atomic E-state index is -0.119. The monoisotopic (exact) mass is 412 g/mol. The van der Waals surface area contributed by atoms with Gasteiger partial charge in [-0.25, -0.2) is 0 Å². The number of aliphatic imine (C=N–C) groups is 1. The number of hydrogen-bond acceptors (Lipinski definition) is 4. The Balaban J connectivity index is 1.54. The molecule has 3 nitrogen and oxygen atoms in total. The molecule has 150 valence electrons. The maximum Gasteiger partial charge on any atom is 0.169 e. The first-order valence-corrected chi connectivity index (χ1v) is 11.3. The number of allylic oxidation sites excluding steroid dienone is 1. The highest BCUT2D eigenvalue weighted by molar-refractivity contribution is 8.17. The van der Waals surface area contributed by atoms with E-state index in [0.717, 1.165) is 10.9 Å². The molecule has 3 aromatic carbocycles. The highest BCUT2D eigenvalue weighted by Crippen LogP contribution is 2.55. The van der Waals surface area contributed by atoms with Gasteiger partial charge in [-0.05, 0) is 43.2 Å². The predicted molar refractivity (Wildman–Crippen MR) is 126 cm³/mol. The second kappa shape index (κ2) is 6.39. The molecular formula is C26H24N2OS. The number of benzene rings is 3. The van der Waals surface area contributed by atoms with Crippen molar-refractivity contribution in [2.75, 3.05) is 6.61 Å². The Labute approximate surface area is 181 Å². The summed E-state index contributed by atoms with van der Waals surface area (Å²) in [6.07, 6.45) is 0. The molecule has 4 heteroatoms. The van der Waals surface area contributed by atoms with Crippen LogP contribution in [-0.4, -0.2) is 22.2 Å². The van der Waals surface area contributed by atoms with Gasteiger partial charge in [0.25, 0.3) is 0 Å². The van der Waals surface area contributed by atoms with Gasteiger partial charge in [0.15, 0.2) is 5.17 Å². The van der Waals surface area contributed by atoms with Crippen molar-refractivity contribution in [3.63, 3.8) is 0 Å². The normalized spacial score (nSPS) is 24.1. The molecule has 2 atom stereocenters. The van der Waals surface area contributed by atoms with Gasteiger partial charge in [-0.1, -0.05) is 72.4 Å². The van der Waals surface area contributed by atoms with Crippen LogP contribution in [-0.2, 0) is 0 Å². The molecule has 30 heavy (non-hydrogen) atoms. The fourth-order valence-electron chi connectivity index (χ4n) is 5.24. The van der Waals surface area contributed by atoms with Crippen LogP contribution in [0.2, 0.25) is 0 Å². The second-order valence-corrected chi connectivity index (χ2v) is 10.0. The zero-order valence-electron chi connectivity index (χ0n) is 17.4. The average Bonchev–Trinajstić information content (AvgIpc) is 3.10. The Bertz CT molecular complexity index is 1230. The van der Waals surface area contributed by atoms with E-state index in [1.54, 1.807) is 11.8 Å². The molecule has 0 radical (unpaired) electrons. The summed E-state index contributed by atoms with van der Waals surface area (Å²) in [7, 11) is 0. The maximum atomic E-state index is 6.33. The van der Waals surface area contributed by atoms with Gasteiger partial charge < -0.3 is 9.64 Å². The third kappa shape index (κ3) is 2.43. The highest BCUT2D eigenvalue weighted by atomic mass is 32.2. The lowest BCUT2D eigenvalue weighted by Crippen LogP contribution is -2.56. The Kier molecular flexibility index (Phi) is 3.85. The number of rotatable bonds is 1. The SMILES string of the molecule is CC1=C(c2ccccc2)N2C(=NC3c4c(ccc5ccccc45)OCC3C2(C)C)S1. The Morgan fingerprint density at radius 3 is 2.60 bits per heavy atom. The molecular weight excluding hydrogens is 388 g/mol. The van der Waals surface area contributed by atoms with E-state index in [0.29, 0.717) is 6.61 Å². The maximum absolute atomic E-state index is 6.33. The van der Waals surface area contributed by atoms with Crippen LogP contribution in [0.4, 0.5) is 0 Å². The van der Waals surface area contributed by atoms with Crippen LogP contribution >= 0.6 is 11.8 Å². The summed E-state index contributed by atoms with van der Waals surface area (Å²) < 4.78 is 6.33. The van der Waals surface area contributed by atoms with E-state index < -0.39 is 0 Å². The first-order valence-electron chi connectivity index (χ1n) is 10.5. The van der Waals surface area contributed by atoms with Gasteiger partial charge in [-0.15, -0.1) is 0 Å². The van der Waals surface area contributed by atoms with Crippen molar-refractivity contribution in [1.82, 2.24) is 4.90 Å². The summed E-state index contributed by atoms with van der Waals surface area (Å²) in [6, 6.07) is 23.7. The van der Waals surface area contributed by atoms with Crippen LogP contribution in [0.1, 0.15) is 37.9 Å². The lowest BCUT2D eigenvalue weighted by molar-refractivity contribution is 0.0753. The van der Waals surface area contributed by atoms with E-state index in [2.05, 4.69) is 92.4 Å². The standard InChI is InChI=1S/C26H24N2OS/c1-16-24(18-10-5-4-6-11-18)28-25(30-16)27-23-20(26(28,2)3)15-29-21-14-13-17-9-7-8-12-19(17)22(21)23/h4-14,20,23H,15H2,1-3H3. The zero-order valence-corrected chi connectivity index (χ0v) is 18.2. The quantitative estimate of drug-likeness (QED) is 0.457. The number of thioether (sulfide) groups is 1. The minimum Gasteiger partial charge on any atom is -0.493 e. The molecule has 0 bridgehead atoms. The summed E-state index contributed by atoms with van der Waals surface area (Å²) in [5.74, 6) is 1.25. The van der Waals surface area contributed by atoms with Crippen LogP contribution in [0.3, 0.4) is 0 Å². The molecule has 0 N–H and O–H groups in total. The van der Waals surface area contributed by atoms with Gasteiger partial charge in [-0.2, -0.15) is 0 Å². The summed E-state index contributed by atoms with van der Waals surface area (Å²) in [5.41, 5.74) is 3.66. The molecule has 0 spiro atoms. The van der Waals surface area contributed by atoms with Crippen LogP contribution in [0.5, 0.6) is 5.75 Å². The molecule has 0 fully saturated rings. The average molecular weight is 413 g/mol. The summed E-state index contributed by atoms with van der Waals surface area (Å²) >= 11 is 1.81. The molecule has 3 aliphatic heterocycles. The summed E-state index contributed by atoms with van der Waals surface area (Å²) in [6.45, 7) is 7.59. The van der Waals surface area contributed by atoms with E-state index in [9.17, 15) is 0 Å². The van der Waals surface area contributed by atoms with Crippen molar-refractivity contribution in [2.24, 2.45) is 10.9 Å². The molecule has 3 aliphatic rings. The van der Waals surface area contributed by atoms with Gasteiger partial charge in [0, 0.05) is 21.9 Å². The zero-order chi connectivity index (χ0) is 20.5. The van der Waals surface area contributed by atoms with Crippen molar-refractivity contribution in [2.45, 2.75) is 32.4 Å². The number of nitrogens with zero attached hydrogens (tertiary/aromatic N) is 2. The summed E-state index contributed by atoms with van der Waals surface area (Å²) in [4.78, 5) is 9.14. The van der Waals surface area contributed by atoms with Gasteiger partial charge >= 0.3 is 0 Å². The third-order valence-electron chi connectivity index (χ3n) is 6.80. The molecule has 0 saturated carbocycles. The van der Waals surface area contributed by atoms with E-state index in [1.807, 2.05) is 0 Å². The first-order chi connectivity index (χ1) is 14.6. The molecule has 0 amide bonds. The third-order valence-corrected chi connectivity index (χ3v) is 7.77. The lowest BCUT2D eigenvalue weighted by Gasteiger charge is -2.51. The van der Waals surface area contributed by atoms with E-state index >= 15 is 0 Å². The Morgan fingerprint density at radius 1 is 1.00 bits per heavy atom. The van der Waals surface area contributed by atoms with Crippen molar-refractivity contribution in [3.05, 3.63) is 82.8 Å². The Hall–Kier alpha value is -2.72. The number of amidine groups is 1. The van der Waals surface area contributed by atoms with Crippen molar-refractivity contribution in [1.29, 1.82) is 0 Å². The molecule has 0 aromatic heterocycles. The molecule has 0 saturated heterocycles. The van der Waals surface area contributed by atoms with Gasteiger partial charge in [0.1, 0.15) is 5.75 Å². The number of ether oxygens (including phenoxy) is 1. The molecule has 6 rings (SSSR count). The fourth-order valence-corrected chi connectivity index (χ4v) is 6.40. The van der Waals surface area contributed by atoms with Crippen LogP contribution in [0, 0.1) is 5.92 Å². The predicted octanol–water partition coefficient (Wildman–Crippen LogP) is 6.48. The second-order valence-electron chi connectivity index (χ2n) is 8.83. The van der Waals surface area contributed by atoms with Crippen molar-refractivity contribution >= 4 is 33.4 Å². The summed E-state index contributed by atoms with van der Waals surface area (Å²) in [5, 5.41) is 3.62. The molecule has 2 unspecified atom stereocenters. The molecule has 3 heterocycles. The smallest absolute Gasteiger partial charge is 0.169 e. The minimum absolute atomic E-state index is 0.108. The number of fused-ring (bicyclic) bond motifs is 6.